The molecule has 74 valence electrons. The highest BCUT2D eigenvalue weighted by atomic mass is 14.3. The third-order valence-corrected chi connectivity index (χ3v) is 3.34. The zero-order valence-electron chi connectivity index (χ0n) is 8.79. The Morgan fingerprint density at radius 2 is 1.80 bits per heavy atom. The normalized spacial score (nSPS) is 19.5. The molecule has 1 aromatic carbocycles. The Bertz CT molecular complexity index is 472. The zero-order valence-corrected chi connectivity index (χ0v) is 8.79. The fraction of sp³-hybridized carbons (Fsp3) is 0.200. The molecule has 0 aromatic heterocycles. The average molecular weight is 194 g/mol. The zero-order chi connectivity index (χ0) is 10.3. The van der Waals surface area contributed by atoms with Crippen LogP contribution in [0.1, 0.15) is 24.8 Å². The van der Waals surface area contributed by atoms with E-state index in [9.17, 15) is 0 Å². The van der Waals surface area contributed by atoms with Crippen molar-refractivity contribution in [2.45, 2.75) is 19.3 Å². The minimum atomic E-state index is 1.03. The molecule has 0 spiro atoms. The first kappa shape index (κ1) is 8.72. The summed E-state index contributed by atoms with van der Waals surface area (Å²) >= 11 is 0. The summed E-state index contributed by atoms with van der Waals surface area (Å²) in [5.74, 6) is 0. The van der Waals surface area contributed by atoms with Crippen molar-refractivity contribution < 1.29 is 0 Å². The van der Waals surface area contributed by atoms with Gasteiger partial charge in [-0.1, -0.05) is 43.0 Å². The van der Waals surface area contributed by atoms with E-state index in [0.29, 0.717) is 0 Å². The molecule has 3 rings (SSSR count). The fourth-order valence-electron chi connectivity index (χ4n) is 2.45. The molecule has 2 aliphatic rings. The van der Waals surface area contributed by atoms with Gasteiger partial charge in [0.25, 0.3) is 0 Å². The summed E-state index contributed by atoms with van der Waals surface area (Å²) in [4.78, 5) is 0. The smallest absolute Gasteiger partial charge is 0.00911 e. The lowest BCUT2D eigenvalue weighted by Crippen LogP contribution is -2.11. The van der Waals surface area contributed by atoms with Crippen molar-refractivity contribution in [1.29, 1.82) is 0 Å². The molecule has 1 aromatic rings. The lowest BCUT2D eigenvalue weighted by Gasteiger charge is -2.31. The van der Waals surface area contributed by atoms with Gasteiger partial charge in [-0.05, 0) is 47.1 Å². The van der Waals surface area contributed by atoms with Crippen LogP contribution in [0.5, 0.6) is 0 Å². The highest BCUT2D eigenvalue weighted by Gasteiger charge is 2.25. The Balaban J connectivity index is 2.15. The van der Waals surface area contributed by atoms with Crippen LogP contribution in [0.15, 0.2) is 59.7 Å². The maximum absolute atomic E-state index is 4.19. The number of hydrogen-bond acceptors (Lipinski definition) is 0. The van der Waals surface area contributed by atoms with Crippen LogP contribution < -0.4 is 0 Å². The molecule has 0 aliphatic heterocycles. The first-order valence-corrected chi connectivity index (χ1v) is 5.52. The van der Waals surface area contributed by atoms with Crippen LogP contribution in [0.2, 0.25) is 0 Å². The van der Waals surface area contributed by atoms with Crippen molar-refractivity contribution in [3.63, 3.8) is 0 Å². The molecular weight excluding hydrogens is 180 g/mol. The van der Waals surface area contributed by atoms with Crippen molar-refractivity contribution in [3.8, 4) is 0 Å². The van der Waals surface area contributed by atoms with Crippen molar-refractivity contribution in [2.75, 3.05) is 0 Å². The fourth-order valence-corrected chi connectivity index (χ4v) is 2.45. The van der Waals surface area contributed by atoms with Crippen LogP contribution in [0.4, 0.5) is 0 Å². The standard InChI is InChI=1S/C15H14/c1-11-7-8-12-9-10-14(12)15(11)13-5-3-2-4-6-13/h2-6,8H,1,7,9-10H2. The van der Waals surface area contributed by atoms with Gasteiger partial charge in [-0.15, -0.1) is 0 Å². The van der Waals surface area contributed by atoms with Crippen molar-refractivity contribution in [3.05, 3.63) is 65.3 Å². The minimum Gasteiger partial charge on any atom is -0.0949 e. The van der Waals surface area contributed by atoms with Crippen molar-refractivity contribution in [2.24, 2.45) is 0 Å². The Morgan fingerprint density at radius 1 is 1.00 bits per heavy atom. The molecule has 0 heterocycles. The van der Waals surface area contributed by atoms with E-state index in [-0.39, 0.29) is 0 Å². The molecule has 0 unspecified atom stereocenters. The Labute approximate surface area is 90.6 Å². The highest BCUT2D eigenvalue weighted by Crippen LogP contribution is 2.45. The van der Waals surface area contributed by atoms with Gasteiger partial charge in [0.05, 0.1) is 0 Å². The van der Waals surface area contributed by atoms with E-state index in [0.717, 1.165) is 6.42 Å². The van der Waals surface area contributed by atoms with Crippen LogP contribution in [0, 0.1) is 0 Å². The highest BCUT2D eigenvalue weighted by molar-refractivity contribution is 5.86. The largest absolute Gasteiger partial charge is 0.0949 e. The number of hydrogen-bond donors (Lipinski definition) is 0. The monoisotopic (exact) mass is 194 g/mol. The van der Waals surface area contributed by atoms with Crippen LogP contribution in [0.3, 0.4) is 0 Å². The quantitative estimate of drug-likeness (QED) is 0.630. The van der Waals surface area contributed by atoms with Crippen LogP contribution >= 0.6 is 0 Å². The maximum atomic E-state index is 4.19. The Hall–Kier alpha value is -1.56. The summed E-state index contributed by atoms with van der Waals surface area (Å²) in [5, 5.41) is 0. The van der Waals surface area contributed by atoms with Crippen molar-refractivity contribution in [1.82, 2.24) is 0 Å². The molecule has 0 N–H and O–H groups in total. The molecule has 0 amide bonds. The maximum Gasteiger partial charge on any atom is -0.00911 e. The molecule has 0 bridgehead atoms. The lowest BCUT2D eigenvalue weighted by atomic mass is 9.74. The molecular formula is C15H14. The van der Waals surface area contributed by atoms with Gasteiger partial charge in [0.15, 0.2) is 0 Å². The van der Waals surface area contributed by atoms with E-state index in [1.165, 1.54) is 35.1 Å². The molecule has 1 saturated carbocycles. The number of allylic oxidation sites excluding steroid dienone is 5. The second-order valence-corrected chi connectivity index (χ2v) is 4.26. The minimum absolute atomic E-state index is 1.03. The third kappa shape index (κ3) is 1.29. The van der Waals surface area contributed by atoms with Gasteiger partial charge in [-0.25, -0.2) is 0 Å². The summed E-state index contributed by atoms with van der Waals surface area (Å²) < 4.78 is 0. The molecule has 0 saturated heterocycles. The van der Waals surface area contributed by atoms with E-state index in [1.807, 2.05) is 0 Å². The van der Waals surface area contributed by atoms with E-state index < -0.39 is 0 Å². The van der Waals surface area contributed by atoms with Gasteiger partial charge in [0.2, 0.25) is 0 Å². The summed E-state index contributed by atoms with van der Waals surface area (Å²) in [5.41, 5.74) is 7.13. The van der Waals surface area contributed by atoms with Gasteiger partial charge in [0.1, 0.15) is 0 Å². The van der Waals surface area contributed by atoms with Crippen LogP contribution in [0.25, 0.3) is 5.57 Å². The predicted octanol–water partition coefficient (Wildman–Crippen LogP) is 4.12. The molecule has 15 heavy (non-hydrogen) atoms. The van der Waals surface area contributed by atoms with Crippen LogP contribution in [-0.2, 0) is 0 Å². The van der Waals surface area contributed by atoms with Gasteiger partial charge < -0.3 is 0 Å². The molecule has 0 nitrogen and oxygen atoms in total. The summed E-state index contributed by atoms with van der Waals surface area (Å²) in [6, 6.07) is 10.7. The van der Waals surface area contributed by atoms with Gasteiger partial charge in [-0.3, -0.25) is 0 Å². The second kappa shape index (κ2) is 3.23. The van der Waals surface area contributed by atoms with Gasteiger partial charge >= 0.3 is 0 Å². The molecule has 0 radical (unpaired) electrons. The van der Waals surface area contributed by atoms with E-state index >= 15 is 0 Å². The Morgan fingerprint density at radius 3 is 2.47 bits per heavy atom. The lowest BCUT2D eigenvalue weighted by molar-refractivity contribution is 0.809. The first-order valence-electron chi connectivity index (χ1n) is 5.52. The predicted molar refractivity (Wildman–Crippen MR) is 64.4 cm³/mol. The summed E-state index contributed by atoms with van der Waals surface area (Å²) in [6.07, 6.45) is 5.87. The van der Waals surface area contributed by atoms with Gasteiger partial charge in [-0.2, -0.15) is 0 Å². The summed E-state index contributed by atoms with van der Waals surface area (Å²) in [6.45, 7) is 4.19. The molecule has 0 atom stereocenters. The average Bonchev–Trinajstić information content (AvgIpc) is 2.24. The number of rotatable bonds is 1. The van der Waals surface area contributed by atoms with Gasteiger partial charge in [0, 0.05) is 0 Å². The number of fused-ring (bicyclic) bond motifs is 1. The topological polar surface area (TPSA) is 0 Å². The van der Waals surface area contributed by atoms with Crippen LogP contribution in [-0.4, -0.2) is 0 Å². The number of benzene rings is 1. The van der Waals surface area contributed by atoms with E-state index in [4.69, 9.17) is 0 Å². The third-order valence-electron chi connectivity index (χ3n) is 3.34. The molecule has 2 aliphatic carbocycles. The second-order valence-electron chi connectivity index (χ2n) is 4.26. The SMILES string of the molecule is C=C1CC=C2CCC2=C1c1ccccc1. The molecule has 1 fully saturated rings. The summed E-state index contributed by atoms with van der Waals surface area (Å²) in [7, 11) is 0. The molecule has 0 heteroatoms. The Kier molecular flexibility index (Phi) is 1.88. The van der Waals surface area contributed by atoms with Crippen molar-refractivity contribution >= 4 is 5.57 Å². The van der Waals surface area contributed by atoms with E-state index in [2.05, 4.69) is 43.0 Å². The first-order chi connectivity index (χ1) is 7.36. The van der Waals surface area contributed by atoms with E-state index in [1.54, 1.807) is 5.57 Å².